The minimum atomic E-state index is -0.0531. The Balaban J connectivity index is 2.47. The number of benzene rings is 1. The number of aromatic nitrogens is 3. The number of ether oxygens (including phenoxy) is 1. The molecule has 7 heteroatoms. The highest BCUT2D eigenvalue weighted by Gasteiger charge is 2.13. The van der Waals surface area contributed by atoms with Gasteiger partial charge in [-0.25, -0.2) is 0 Å². The molecule has 6 nitrogen and oxygen atoms in total. The van der Waals surface area contributed by atoms with Gasteiger partial charge in [0.1, 0.15) is 11.5 Å². The topological polar surface area (TPSA) is 83.3 Å². The zero-order valence-electron chi connectivity index (χ0n) is 9.75. The molecule has 0 bridgehead atoms. The van der Waals surface area contributed by atoms with Crippen molar-refractivity contribution in [1.82, 2.24) is 14.8 Å². The van der Waals surface area contributed by atoms with Crippen molar-refractivity contribution in [3.05, 3.63) is 23.0 Å². The Kier molecular flexibility index (Phi) is 3.63. The van der Waals surface area contributed by atoms with Gasteiger partial charge in [-0.3, -0.25) is 9.67 Å². The molecule has 18 heavy (non-hydrogen) atoms. The van der Waals surface area contributed by atoms with Crippen LogP contribution >= 0.6 is 12.2 Å². The molecule has 96 valence electrons. The molecule has 0 aliphatic carbocycles. The van der Waals surface area contributed by atoms with Crippen molar-refractivity contribution in [3.8, 4) is 22.9 Å². The van der Waals surface area contributed by atoms with Gasteiger partial charge in [-0.15, -0.1) is 0 Å². The smallest absolute Gasteiger partial charge is 0.195 e. The van der Waals surface area contributed by atoms with Crippen LogP contribution in [-0.2, 0) is 11.3 Å². The molecular formula is C11H13N3O3S. The number of nitrogens with one attached hydrogen (secondary N) is 1. The number of phenols is 2. The van der Waals surface area contributed by atoms with Gasteiger partial charge in [0.25, 0.3) is 0 Å². The van der Waals surface area contributed by atoms with Crippen LogP contribution in [0.5, 0.6) is 11.5 Å². The summed E-state index contributed by atoms with van der Waals surface area (Å²) in [5.74, 6) is 0.450. The second-order valence-corrected chi connectivity index (χ2v) is 4.08. The van der Waals surface area contributed by atoms with E-state index < -0.39 is 0 Å². The van der Waals surface area contributed by atoms with E-state index in [2.05, 4.69) is 10.2 Å². The van der Waals surface area contributed by atoms with Crippen molar-refractivity contribution in [2.75, 3.05) is 13.7 Å². The maximum absolute atomic E-state index is 9.81. The first-order chi connectivity index (χ1) is 8.63. The summed E-state index contributed by atoms with van der Waals surface area (Å²) >= 11 is 5.11. The Bertz CT molecular complexity index is 606. The van der Waals surface area contributed by atoms with Crippen LogP contribution in [-0.4, -0.2) is 38.7 Å². The maximum atomic E-state index is 9.81. The SMILES string of the molecule is COCCn1c(-c2ccc(O)cc2O)n[nH]c1=S. The van der Waals surface area contributed by atoms with Crippen LogP contribution in [0.25, 0.3) is 11.4 Å². The zero-order chi connectivity index (χ0) is 13.1. The first-order valence-corrected chi connectivity index (χ1v) is 5.71. The molecule has 1 heterocycles. The van der Waals surface area contributed by atoms with Crippen LogP contribution in [0.4, 0.5) is 0 Å². The van der Waals surface area contributed by atoms with Gasteiger partial charge in [0.15, 0.2) is 10.6 Å². The van der Waals surface area contributed by atoms with E-state index in [1.54, 1.807) is 17.7 Å². The van der Waals surface area contributed by atoms with Gasteiger partial charge >= 0.3 is 0 Å². The molecule has 1 aromatic heterocycles. The molecule has 0 radical (unpaired) electrons. The molecule has 0 saturated heterocycles. The molecule has 0 amide bonds. The zero-order valence-corrected chi connectivity index (χ0v) is 10.6. The third kappa shape index (κ3) is 2.36. The fourth-order valence-corrected chi connectivity index (χ4v) is 1.85. The highest BCUT2D eigenvalue weighted by molar-refractivity contribution is 7.71. The summed E-state index contributed by atoms with van der Waals surface area (Å²) in [6, 6.07) is 4.32. The maximum Gasteiger partial charge on any atom is 0.195 e. The van der Waals surface area contributed by atoms with Crippen LogP contribution in [0, 0.1) is 4.77 Å². The molecule has 0 spiro atoms. The molecule has 1 aromatic carbocycles. The lowest BCUT2D eigenvalue weighted by Gasteiger charge is -2.07. The third-order valence-corrected chi connectivity index (χ3v) is 2.81. The normalized spacial score (nSPS) is 10.7. The van der Waals surface area contributed by atoms with Crippen LogP contribution in [0.2, 0.25) is 0 Å². The van der Waals surface area contributed by atoms with Gasteiger partial charge in [-0.1, -0.05) is 0 Å². The predicted molar refractivity (Wildman–Crippen MR) is 68.1 cm³/mol. The molecule has 0 fully saturated rings. The first kappa shape index (κ1) is 12.6. The molecule has 0 atom stereocenters. The summed E-state index contributed by atoms with van der Waals surface area (Å²) in [7, 11) is 1.60. The van der Waals surface area contributed by atoms with Crippen molar-refractivity contribution < 1.29 is 14.9 Å². The number of methoxy groups -OCH3 is 1. The van der Waals surface area contributed by atoms with Gasteiger partial charge in [0, 0.05) is 13.2 Å². The number of H-pyrrole nitrogens is 1. The molecule has 0 saturated carbocycles. The second-order valence-electron chi connectivity index (χ2n) is 3.70. The standard InChI is InChI=1S/C11H13N3O3S/c1-17-5-4-14-10(12-13-11(14)18)8-3-2-7(15)6-9(8)16/h2-3,6,15-16H,4-5H2,1H3,(H,13,18). The Morgan fingerprint density at radius 1 is 1.44 bits per heavy atom. The summed E-state index contributed by atoms with van der Waals surface area (Å²) < 4.78 is 7.18. The van der Waals surface area contributed by atoms with Crippen LogP contribution < -0.4 is 0 Å². The highest BCUT2D eigenvalue weighted by Crippen LogP contribution is 2.30. The summed E-state index contributed by atoms with van der Waals surface area (Å²) in [6.45, 7) is 1.02. The second kappa shape index (κ2) is 5.19. The Labute approximate surface area is 108 Å². The summed E-state index contributed by atoms with van der Waals surface area (Å²) in [5, 5.41) is 25.8. The quantitative estimate of drug-likeness (QED) is 0.734. The van der Waals surface area contributed by atoms with Gasteiger partial charge in [-0.05, 0) is 24.4 Å². The number of aromatic amines is 1. The third-order valence-electron chi connectivity index (χ3n) is 2.50. The average molecular weight is 267 g/mol. The van der Waals surface area contributed by atoms with Crippen molar-refractivity contribution in [1.29, 1.82) is 0 Å². The van der Waals surface area contributed by atoms with Gasteiger partial charge in [0.05, 0.1) is 18.7 Å². The average Bonchev–Trinajstić information content (AvgIpc) is 2.68. The monoisotopic (exact) mass is 267 g/mol. The summed E-state index contributed by atoms with van der Waals surface area (Å²) in [4.78, 5) is 0. The summed E-state index contributed by atoms with van der Waals surface area (Å²) in [6.07, 6.45) is 0. The lowest BCUT2D eigenvalue weighted by molar-refractivity contribution is 0.187. The van der Waals surface area contributed by atoms with E-state index in [0.717, 1.165) is 0 Å². The number of nitrogens with zero attached hydrogens (tertiary/aromatic N) is 2. The highest BCUT2D eigenvalue weighted by atomic mass is 32.1. The minimum Gasteiger partial charge on any atom is -0.508 e. The molecule has 0 unspecified atom stereocenters. The predicted octanol–water partition coefficient (Wildman–Crippen LogP) is 1.67. The van der Waals surface area contributed by atoms with Gasteiger partial charge in [0.2, 0.25) is 0 Å². The van der Waals surface area contributed by atoms with Crippen LogP contribution in [0.3, 0.4) is 0 Å². The first-order valence-electron chi connectivity index (χ1n) is 5.30. The molecule has 2 aromatic rings. The van der Waals surface area contributed by atoms with Crippen molar-refractivity contribution in [2.45, 2.75) is 6.54 Å². The van der Waals surface area contributed by atoms with E-state index in [4.69, 9.17) is 17.0 Å². The van der Waals surface area contributed by atoms with E-state index in [9.17, 15) is 10.2 Å². The van der Waals surface area contributed by atoms with Gasteiger partial charge in [-0.2, -0.15) is 5.10 Å². The van der Waals surface area contributed by atoms with E-state index >= 15 is 0 Å². The fraction of sp³-hybridized carbons (Fsp3) is 0.273. The Morgan fingerprint density at radius 2 is 2.22 bits per heavy atom. The van der Waals surface area contributed by atoms with Gasteiger partial charge < -0.3 is 14.9 Å². The molecule has 0 aliphatic heterocycles. The fourth-order valence-electron chi connectivity index (χ4n) is 1.62. The number of rotatable bonds is 4. The lowest BCUT2D eigenvalue weighted by atomic mass is 10.2. The largest absolute Gasteiger partial charge is 0.508 e. The van der Waals surface area contributed by atoms with Crippen molar-refractivity contribution >= 4 is 12.2 Å². The van der Waals surface area contributed by atoms with E-state index in [-0.39, 0.29) is 11.5 Å². The minimum absolute atomic E-state index is 0.00572. The summed E-state index contributed by atoms with van der Waals surface area (Å²) in [5.41, 5.74) is 0.497. The number of hydrogen-bond donors (Lipinski definition) is 3. The number of hydrogen-bond acceptors (Lipinski definition) is 5. The molecule has 0 aliphatic rings. The van der Waals surface area contributed by atoms with Crippen molar-refractivity contribution in [2.24, 2.45) is 0 Å². The van der Waals surface area contributed by atoms with E-state index in [1.165, 1.54) is 12.1 Å². The number of aromatic hydroxyl groups is 2. The Morgan fingerprint density at radius 3 is 2.89 bits per heavy atom. The van der Waals surface area contributed by atoms with Crippen molar-refractivity contribution in [3.63, 3.8) is 0 Å². The van der Waals surface area contributed by atoms with Crippen LogP contribution in [0.1, 0.15) is 0 Å². The molecular weight excluding hydrogens is 254 g/mol. The molecule has 3 N–H and O–H groups in total. The van der Waals surface area contributed by atoms with E-state index in [1.807, 2.05) is 0 Å². The van der Waals surface area contributed by atoms with E-state index in [0.29, 0.717) is 29.3 Å². The van der Waals surface area contributed by atoms with Crippen LogP contribution in [0.15, 0.2) is 18.2 Å². The number of phenolic OH excluding ortho intramolecular Hbond substituents is 2. The molecule has 2 rings (SSSR count). The lowest BCUT2D eigenvalue weighted by Crippen LogP contribution is -2.06. The Hall–Kier alpha value is -1.86.